The molecule has 0 bridgehead atoms. The van der Waals surface area contributed by atoms with Crippen molar-refractivity contribution in [3.8, 4) is 0 Å². The molecule has 0 spiro atoms. The van der Waals surface area contributed by atoms with E-state index in [-0.39, 0.29) is 0 Å². The van der Waals surface area contributed by atoms with E-state index in [4.69, 9.17) is 0 Å². The summed E-state index contributed by atoms with van der Waals surface area (Å²) in [5.41, 5.74) is 7.09. The molecule has 0 fully saturated rings. The molecule has 0 radical (unpaired) electrons. The Balaban J connectivity index is 1.26. The Morgan fingerprint density at radius 1 is 0.711 bits per heavy atom. The summed E-state index contributed by atoms with van der Waals surface area (Å²) in [6.07, 6.45) is 18.8. The third-order valence-corrected chi connectivity index (χ3v) is 8.06. The number of aryl methyl sites for hydroxylation is 1. The van der Waals surface area contributed by atoms with Gasteiger partial charge >= 0.3 is 0 Å². The molecule has 3 N–H and O–H groups in total. The van der Waals surface area contributed by atoms with Crippen LogP contribution >= 0.6 is 21.6 Å². The number of hydrogen-bond donors (Lipinski definition) is 3. The summed E-state index contributed by atoms with van der Waals surface area (Å²) in [4.78, 5) is 0. The van der Waals surface area contributed by atoms with E-state index in [2.05, 4.69) is 125 Å². The van der Waals surface area contributed by atoms with Crippen molar-refractivity contribution >= 4 is 51.2 Å². The lowest BCUT2D eigenvalue weighted by molar-refractivity contribution is -0.671. The summed E-state index contributed by atoms with van der Waals surface area (Å²) < 4.78 is 2.04. The Morgan fingerprint density at radius 3 is 1.71 bits per heavy atom. The number of anilines is 2. The molecule has 198 valence electrons. The Hall–Kier alpha value is -3.35. The summed E-state index contributed by atoms with van der Waals surface area (Å²) in [5.74, 6) is 2.13. The van der Waals surface area contributed by atoms with Crippen LogP contribution in [0.25, 0.3) is 18.2 Å². The van der Waals surface area contributed by atoms with Crippen molar-refractivity contribution in [3.05, 3.63) is 120 Å². The van der Waals surface area contributed by atoms with Gasteiger partial charge in [-0.3, -0.25) is 0 Å². The highest BCUT2D eigenvalue weighted by molar-refractivity contribution is 8.76. The average molecular weight is 544 g/mol. The van der Waals surface area contributed by atoms with E-state index in [1.165, 1.54) is 22.3 Å². The zero-order chi connectivity index (χ0) is 26.8. The second kappa shape index (κ2) is 17.2. The van der Waals surface area contributed by atoms with Gasteiger partial charge in [0.25, 0.3) is 0 Å². The number of allylic oxidation sites excluding steroid dienone is 4. The molecular formula is C32H39N4S2+. The van der Waals surface area contributed by atoms with Gasteiger partial charge in [-0.1, -0.05) is 76.2 Å². The monoisotopic (exact) mass is 543 g/mol. The number of hydrogen-bond acceptors (Lipinski definition) is 5. The predicted molar refractivity (Wildman–Crippen MR) is 172 cm³/mol. The second-order valence-corrected chi connectivity index (χ2v) is 11.3. The van der Waals surface area contributed by atoms with E-state index in [1.54, 1.807) is 0 Å². The van der Waals surface area contributed by atoms with Crippen LogP contribution in [0.5, 0.6) is 0 Å². The first-order chi connectivity index (χ1) is 18.7. The van der Waals surface area contributed by atoms with Crippen LogP contribution in [0.2, 0.25) is 0 Å². The summed E-state index contributed by atoms with van der Waals surface area (Å²) >= 11 is 0. The number of nitrogens with zero attached hydrogens (tertiary/aromatic N) is 1. The number of pyridine rings is 1. The molecule has 0 unspecified atom stereocenters. The molecule has 0 atom stereocenters. The van der Waals surface area contributed by atoms with Gasteiger partial charge in [0.2, 0.25) is 0 Å². The fraction of sp³-hybridized carbons (Fsp3) is 0.219. The number of nitrogens with one attached hydrogen (secondary N) is 3. The standard InChI is InChI=1S/C32H38N4S2/c1-4-27(17-20-33-2)5-6-28-9-13-31(14-10-28)34-21-25-37-38-26-22-35-32-15-11-29(12-16-32)7-8-30-18-23-36(3)24-19-30/h4-20,23-24,33-34H,21-22,25-26H2,1-3H3/p+1/b6-5+,20-17-,27-4-. The van der Waals surface area contributed by atoms with E-state index < -0.39 is 0 Å². The van der Waals surface area contributed by atoms with Gasteiger partial charge in [0.1, 0.15) is 7.05 Å². The van der Waals surface area contributed by atoms with Crippen LogP contribution in [-0.2, 0) is 7.05 Å². The fourth-order valence-electron chi connectivity index (χ4n) is 3.45. The highest BCUT2D eigenvalue weighted by Gasteiger charge is 1.97. The minimum Gasteiger partial charge on any atom is -0.394 e. The summed E-state index contributed by atoms with van der Waals surface area (Å²) in [6.45, 7) is 3.95. The van der Waals surface area contributed by atoms with Crippen LogP contribution in [0.3, 0.4) is 0 Å². The normalized spacial score (nSPS) is 12.0. The molecule has 0 saturated carbocycles. The molecule has 3 rings (SSSR count). The second-order valence-electron chi connectivity index (χ2n) is 8.62. The predicted octanol–water partition coefficient (Wildman–Crippen LogP) is 7.28. The zero-order valence-electron chi connectivity index (χ0n) is 22.6. The molecule has 0 saturated heterocycles. The van der Waals surface area contributed by atoms with Crippen LogP contribution < -0.4 is 20.5 Å². The lowest BCUT2D eigenvalue weighted by atomic mass is 10.1. The van der Waals surface area contributed by atoms with E-state index in [1.807, 2.05) is 53.4 Å². The van der Waals surface area contributed by atoms with Crippen LogP contribution in [0.4, 0.5) is 11.4 Å². The first kappa shape index (κ1) is 29.2. The SMILES string of the molecule is C/C=C(\C=C/NC)/C=C/c1ccc(NCCSSCCNc2ccc(/C=C/c3cc[n+](C)cc3)cc2)cc1. The zero-order valence-corrected chi connectivity index (χ0v) is 24.2. The van der Waals surface area contributed by atoms with Crippen LogP contribution in [-0.4, -0.2) is 31.6 Å². The molecule has 0 aliphatic rings. The maximum absolute atomic E-state index is 3.51. The van der Waals surface area contributed by atoms with E-state index in [0.717, 1.165) is 36.0 Å². The van der Waals surface area contributed by atoms with Crippen molar-refractivity contribution in [2.24, 2.45) is 7.05 Å². The van der Waals surface area contributed by atoms with Crippen molar-refractivity contribution in [3.63, 3.8) is 0 Å². The summed E-state index contributed by atoms with van der Waals surface area (Å²) in [6, 6.07) is 21.4. The number of benzene rings is 2. The Bertz CT molecular complexity index is 1200. The van der Waals surface area contributed by atoms with Gasteiger partial charge in [-0.2, -0.15) is 0 Å². The lowest BCUT2D eigenvalue weighted by Crippen LogP contribution is -2.25. The molecule has 6 heteroatoms. The van der Waals surface area contributed by atoms with Crippen molar-refractivity contribution in [2.45, 2.75) is 6.92 Å². The van der Waals surface area contributed by atoms with E-state index in [0.29, 0.717) is 0 Å². The molecule has 1 aromatic heterocycles. The van der Waals surface area contributed by atoms with Crippen LogP contribution in [0.1, 0.15) is 23.6 Å². The highest BCUT2D eigenvalue weighted by Crippen LogP contribution is 2.21. The topological polar surface area (TPSA) is 40.0 Å². The molecule has 0 amide bonds. The third kappa shape index (κ3) is 11.4. The van der Waals surface area contributed by atoms with Crippen molar-refractivity contribution < 1.29 is 4.57 Å². The highest BCUT2D eigenvalue weighted by atomic mass is 33.1. The molecule has 3 aromatic rings. The quantitative estimate of drug-likeness (QED) is 0.0813. The van der Waals surface area contributed by atoms with Crippen molar-refractivity contribution in [1.82, 2.24) is 5.32 Å². The van der Waals surface area contributed by atoms with Gasteiger partial charge in [-0.25, -0.2) is 4.57 Å². The van der Waals surface area contributed by atoms with Crippen molar-refractivity contribution in [2.75, 3.05) is 42.3 Å². The largest absolute Gasteiger partial charge is 0.394 e. The van der Waals surface area contributed by atoms with E-state index in [9.17, 15) is 0 Å². The first-order valence-corrected chi connectivity index (χ1v) is 15.4. The molecular weight excluding hydrogens is 505 g/mol. The lowest BCUT2D eigenvalue weighted by Gasteiger charge is -2.08. The minimum absolute atomic E-state index is 0.953. The first-order valence-electron chi connectivity index (χ1n) is 12.9. The molecule has 2 aromatic carbocycles. The van der Waals surface area contributed by atoms with Gasteiger partial charge in [0, 0.05) is 55.2 Å². The van der Waals surface area contributed by atoms with E-state index >= 15 is 0 Å². The van der Waals surface area contributed by atoms with Crippen LogP contribution in [0, 0.1) is 0 Å². The maximum Gasteiger partial charge on any atom is 0.169 e. The van der Waals surface area contributed by atoms with Gasteiger partial charge in [0.15, 0.2) is 12.4 Å². The Kier molecular flexibility index (Phi) is 13.2. The average Bonchev–Trinajstić information content (AvgIpc) is 2.95. The summed E-state index contributed by atoms with van der Waals surface area (Å²) in [5, 5.41) is 10.0. The third-order valence-electron chi connectivity index (χ3n) is 5.65. The summed E-state index contributed by atoms with van der Waals surface area (Å²) in [7, 11) is 7.76. The molecule has 4 nitrogen and oxygen atoms in total. The minimum atomic E-state index is 0.953. The smallest absolute Gasteiger partial charge is 0.169 e. The van der Waals surface area contributed by atoms with Gasteiger partial charge < -0.3 is 16.0 Å². The molecule has 38 heavy (non-hydrogen) atoms. The number of aromatic nitrogens is 1. The molecule has 0 aliphatic carbocycles. The van der Waals surface area contributed by atoms with Gasteiger partial charge in [-0.15, -0.1) is 0 Å². The Morgan fingerprint density at radius 2 is 1.21 bits per heavy atom. The van der Waals surface area contributed by atoms with Gasteiger partial charge in [-0.05, 0) is 65.7 Å². The molecule has 1 heterocycles. The van der Waals surface area contributed by atoms with Gasteiger partial charge in [0.05, 0.1) is 0 Å². The number of rotatable bonds is 15. The maximum atomic E-state index is 3.51. The molecule has 0 aliphatic heterocycles. The Labute approximate surface area is 236 Å². The van der Waals surface area contributed by atoms with Crippen LogP contribution in [0.15, 0.2) is 103 Å². The van der Waals surface area contributed by atoms with Crippen molar-refractivity contribution in [1.29, 1.82) is 0 Å². The fourth-order valence-corrected chi connectivity index (χ4v) is 5.27.